The Hall–Kier alpha value is -2.31. The maximum Gasteiger partial charge on any atom is 0.249 e. The van der Waals surface area contributed by atoms with Crippen LogP contribution in [-0.4, -0.2) is 59.1 Å². The molecule has 6 heteroatoms. The van der Waals surface area contributed by atoms with Crippen LogP contribution in [0.4, 0.5) is 4.39 Å². The van der Waals surface area contributed by atoms with E-state index in [0.717, 1.165) is 38.9 Å². The number of halogens is 1. The van der Waals surface area contributed by atoms with E-state index in [4.69, 9.17) is 4.74 Å². The molecule has 2 aliphatic rings. The lowest BCUT2D eigenvalue weighted by molar-refractivity contribution is -0.172. The van der Waals surface area contributed by atoms with E-state index in [1.807, 2.05) is 11.0 Å². The molecule has 0 unspecified atom stereocenters. The Morgan fingerprint density at radius 3 is 2.61 bits per heavy atom. The van der Waals surface area contributed by atoms with Crippen molar-refractivity contribution in [2.24, 2.45) is 0 Å². The lowest BCUT2D eigenvalue weighted by Crippen LogP contribution is -2.58. The van der Waals surface area contributed by atoms with Gasteiger partial charge in [-0.25, -0.2) is 4.39 Å². The summed E-state index contributed by atoms with van der Waals surface area (Å²) in [4.78, 5) is 20.7. The third-order valence-corrected chi connectivity index (χ3v) is 5.80. The molecule has 1 spiro atoms. The first-order valence-corrected chi connectivity index (χ1v) is 9.90. The quantitative estimate of drug-likeness (QED) is 0.796. The van der Waals surface area contributed by atoms with Crippen molar-refractivity contribution in [1.82, 2.24) is 14.8 Å². The molecule has 0 radical (unpaired) electrons. The average molecular weight is 383 g/mol. The van der Waals surface area contributed by atoms with Gasteiger partial charge < -0.3 is 14.5 Å². The van der Waals surface area contributed by atoms with E-state index in [1.54, 1.807) is 6.07 Å². The number of hydrogen-bond acceptors (Lipinski definition) is 4. The van der Waals surface area contributed by atoms with Crippen molar-refractivity contribution in [3.8, 4) is 0 Å². The minimum Gasteiger partial charge on any atom is -0.363 e. The Balaban J connectivity index is 1.31. The van der Waals surface area contributed by atoms with Crippen LogP contribution >= 0.6 is 0 Å². The van der Waals surface area contributed by atoms with E-state index in [1.165, 1.54) is 17.8 Å². The van der Waals surface area contributed by atoms with Crippen LogP contribution in [0.1, 0.15) is 24.1 Å². The van der Waals surface area contributed by atoms with Crippen molar-refractivity contribution in [2.75, 3.05) is 32.8 Å². The summed E-state index contributed by atoms with van der Waals surface area (Å²) in [6, 6.07) is 13.6. The highest BCUT2D eigenvalue weighted by atomic mass is 19.1. The normalized spacial score (nSPS) is 19.9. The highest BCUT2D eigenvalue weighted by molar-refractivity contribution is 5.78. The van der Waals surface area contributed by atoms with Crippen molar-refractivity contribution < 1.29 is 13.9 Å². The molecule has 0 N–H and O–H groups in total. The van der Waals surface area contributed by atoms with Crippen molar-refractivity contribution in [3.63, 3.8) is 0 Å². The van der Waals surface area contributed by atoms with Crippen LogP contribution in [0.25, 0.3) is 0 Å². The van der Waals surface area contributed by atoms with Gasteiger partial charge in [0.25, 0.3) is 0 Å². The van der Waals surface area contributed by atoms with Crippen LogP contribution in [0.15, 0.2) is 48.7 Å². The molecule has 3 heterocycles. The molecule has 2 saturated heterocycles. The SMILES string of the molecule is O=C1COC2(CCN(CCc3ccccc3)CC2)CN1Cc1ccc(F)cn1. The van der Waals surface area contributed by atoms with E-state index >= 15 is 0 Å². The Morgan fingerprint density at radius 1 is 1.11 bits per heavy atom. The van der Waals surface area contributed by atoms with Crippen LogP contribution in [0.3, 0.4) is 0 Å². The van der Waals surface area contributed by atoms with Crippen LogP contribution in [-0.2, 0) is 22.5 Å². The molecule has 2 fully saturated rings. The predicted octanol–water partition coefficient (Wildman–Crippen LogP) is 2.66. The van der Waals surface area contributed by atoms with Crippen molar-refractivity contribution in [3.05, 3.63) is 65.7 Å². The number of carbonyl (C=O) groups excluding carboxylic acids is 1. The second kappa shape index (κ2) is 8.37. The first kappa shape index (κ1) is 19.0. The maximum atomic E-state index is 13.1. The molecule has 0 atom stereocenters. The number of amides is 1. The largest absolute Gasteiger partial charge is 0.363 e. The fraction of sp³-hybridized carbons (Fsp3) is 0.455. The van der Waals surface area contributed by atoms with Gasteiger partial charge in [0, 0.05) is 19.6 Å². The zero-order valence-electron chi connectivity index (χ0n) is 16.0. The fourth-order valence-electron chi connectivity index (χ4n) is 4.05. The minimum atomic E-state index is -0.364. The minimum absolute atomic E-state index is 0.0248. The molecule has 0 bridgehead atoms. The van der Waals surface area contributed by atoms with Gasteiger partial charge in [-0.1, -0.05) is 30.3 Å². The highest BCUT2D eigenvalue weighted by Gasteiger charge is 2.42. The number of aromatic nitrogens is 1. The molecule has 2 aliphatic heterocycles. The number of nitrogens with zero attached hydrogens (tertiary/aromatic N) is 3. The van der Waals surface area contributed by atoms with E-state index < -0.39 is 0 Å². The van der Waals surface area contributed by atoms with Crippen LogP contribution in [0.2, 0.25) is 0 Å². The third kappa shape index (κ3) is 4.56. The van der Waals surface area contributed by atoms with E-state index in [0.29, 0.717) is 18.8 Å². The molecular formula is C22H26FN3O2. The van der Waals surface area contributed by atoms with Gasteiger partial charge in [-0.05, 0) is 37.0 Å². The first-order chi connectivity index (χ1) is 13.6. The molecule has 0 saturated carbocycles. The molecule has 28 heavy (non-hydrogen) atoms. The number of pyridine rings is 1. The zero-order valence-corrected chi connectivity index (χ0v) is 16.0. The molecule has 1 aromatic carbocycles. The van der Waals surface area contributed by atoms with Gasteiger partial charge in [-0.2, -0.15) is 0 Å². The summed E-state index contributed by atoms with van der Waals surface area (Å²) in [6.45, 7) is 4.10. The van der Waals surface area contributed by atoms with Gasteiger partial charge in [-0.3, -0.25) is 9.78 Å². The van der Waals surface area contributed by atoms with Crippen molar-refractivity contribution in [2.45, 2.75) is 31.4 Å². The summed E-state index contributed by atoms with van der Waals surface area (Å²) >= 11 is 0. The predicted molar refractivity (Wildman–Crippen MR) is 104 cm³/mol. The van der Waals surface area contributed by atoms with Gasteiger partial charge in [-0.15, -0.1) is 0 Å². The van der Waals surface area contributed by atoms with Gasteiger partial charge >= 0.3 is 0 Å². The number of likely N-dealkylation sites (tertiary alicyclic amines) is 1. The average Bonchev–Trinajstić information content (AvgIpc) is 2.73. The smallest absolute Gasteiger partial charge is 0.249 e. The number of benzene rings is 1. The summed E-state index contributed by atoms with van der Waals surface area (Å²) in [5, 5.41) is 0. The number of hydrogen-bond donors (Lipinski definition) is 0. The molecule has 2 aromatic rings. The molecule has 1 aromatic heterocycles. The summed E-state index contributed by atoms with van der Waals surface area (Å²) < 4.78 is 19.1. The van der Waals surface area contributed by atoms with Gasteiger partial charge in [0.2, 0.25) is 5.91 Å². The van der Waals surface area contributed by atoms with Crippen molar-refractivity contribution in [1.29, 1.82) is 0 Å². The standard InChI is InChI=1S/C22H26FN3O2/c23-19-6-7-20(24-14-19)15-26-17-22(28-16-21(26)27)9-12-25(13-10-22)11-8-18-4-2-1-3-5-18/h1-7,14H,8-13,15-17H2. The molecular weight excluding hydrogens is 357 g/mol. The highest BCUT2D eigenvalue weighted by Crippen LogP contribution is 2.31. The van der Waals surface area contributed by atoms with Gasteiger partial charge in [0.1, 0.15) is 12.4 Å². The number of piperidine rings is 1. The zero-order chi connectivity index (χ0) is 19.4. The Kier molecular flexibility index (Phi) is 5.69. The molecule has 5 nitrogen and oxygen atoms in total. The van der Waals surface area contributed by atoms with Gasteiger partial charge in [0.05, 0.1) is 30.6 Å². The molecule has 1 amide bonds. The molecule has 0 aliphatic carbocycles. The lowest BCUT2D eigenvalue weighted by Gasteiger charge is -2.47. The Labute approximate surface area is 165 Å². The second-order valence-corrected chi connectivity index (χ2v) is 7.77. The summed E-state index contributed by atoms with van der Waals surface area (Å²) in [6.07, 6.45) is 4.08. The van der Waals surface area contributed by atoms with Crippen LogP contribution < -0.4 is 0 Å². The number of ether oxygens (including phenoxy) is 1. The summed E-state index contributed by atoms with van der Waals surface area (Å²) in [5.74, 6) is -0.389. The lowest BCUT2D eigenvalue weighted by atomic mass is 9.89. The number of morpholine rings is 1. The second-order valence-electron chi connectivity index (χ2n) is 7.77. The third-order valence-electron chi connectivity index (χ3n) is 5.80. The van der Waals surface area contributed by atoms with Crippen LogP contribution in [0, 0.1) is 5.82 Å². The maximum absolute atomic E-state index is 13.1. The molecule has 4 rings (SSSR count). The van der Waals surface area contributed by atoms with E-state index in [-0.39, 0.29) is 23.9 Å². The topological polar surface area (TPSA) is 45.7 Å². The molecule has 148 valence electrons. The van der Waals surface area contributed by atoms with E-state index in [2.05, 4.69) is 34.1 Å². The number of rotatable bonds is 5. The first-order valence-electron chi connectivity index (χ1n) is 9.90. The monoisotopic (exact) mass is 383 g/mol. The van der Waals surface area contributed by atoms with Crippen molar-refractivity contribution >= 4 is 5.91 Å². The van der Waals surface area contributed by atoms with Crippen LogP contribution in [0.5, 0.6) is 0 Å². The van der Waals surface area contributed by atoms with E-state index in [9.17, 15) is 9.18 Å². The Bertz CT molecular complexity index is 789. The van der Waals surface area contributed by atoms with Gasteiger partial charge in [0.15, 0.2) is 0 Å². The fourth-order valence-corrected chi connectivity index (χ4v) is 4.05. The summed E-state index contributed by atoms with van der Waals surface area (Å²) in [5.41, 5.74) is 1.80. The Morgan fingerprint density at radius 2 is 1.89 bits per heavy atom. The number of carbonyl (C=O) groups is 1. The summed E-state index contributed by atoms with van der Waals surface area (Å²) in [7, 11) is 0.